The molecule has 1 unspecified atom stereocenters. The van der Waals surface area contributed by atoms with Gasteiger partial charge in [0.1, 0.15) is 11.6 Å². The molecule has 246 valence electrons. The molecule has 48 heavy (non-hydrogen) atoms. The summed E-state index contributed by atoms with van der Waals surface area (Å²) in [5.74, 6) is -0.634. The van der Waals surface area contributed by atoms with Crippen LogP contribution in [0.5, 0.6) is 11.5 Å². The number of aromatic nitrogens is 2. The maximum atomic E-state index is 13.8. The van der Waals surface area contributed by atoms with Gasteiger partial charge in [-0.1, -0.05) is 85.5 Å². The van der Waals surface area contributed by atoms with Gasteiger partial charge < -0.3 is 14.6 Å². The molecular formula is C37H34FN3O5S2. The van der Waals surface area contributed by atoms with Gasteiger partial charge in [-0.05, 0) is 77.6 Å². The van der Waals surface area contributed by atoms with Crippen LogP contribution in [0.1, 0.15) is 49.9 Å². The molecule has 6 rings (SSSR count). The first-order valence-corrected chi connectivity index (χ1v) is 17.4. The number of amides is 1. The van der Waals surface area contributed by atoms with Gasteiger partial charge in [0.15, 0.2) is 15.8 Å². The van der Waals surface area contributed by atoms with Crippen molar-refractivity contribution < 1.29 is 28.6 Å². The lowest BCUT2D eigenvalue weighted by Gasteiger charge is -2.23. The van der Waals surface area contributed by atoms with Crippen LogP contribution in [0, 0.1) is 11.7 Å². The molecule has 11 heteroatoms. The van der Waals surface area contributed by atoms with Gasteiger partial charge in [0.2, 0.25) is 5.13 Å². The van der Waals surface area contributed by atoms with Crippen LogP contribution in [0.4, 0.5) is 9.52 Å². The predicted molar refractivity (Wildman–Crippen MR) is 187 cm³/mol. The van der Waals surface area contributed by atoms with Crippen molar-refractivity contribution in [3.63, 3.8) is 0 Å². The number of carbonyl (C=O) groups excluding carboxylic acids is 2. The molecule has 1 N–H and O–H groups in total. The van der Waals surface area contributed by atoms with Crippen molar-refractivity contribution in [1.29, 1.82) is 0 Å². The topological polar surface area (TPSA) is 102 Å². The van der Waals surface area contributed by atoms with Crippen molar-refractivity contribution in [2.45, 2.75) is 43.3 Å². The number of hydrogen-bond acceptors (Lipinski definition) is 9. The maximum Gasteiger partial charge on any atom is 0.301 e. The highest BCUT2D eigenvalue weighted by Gasteiger charge is 2.48. The first-order valence-electron chi connectivity index (χ1n) is 15.6. The molecule has 2 heterocycles. The Morgan fingerprint density at radius 1 is 0.979 bits per heavy atom. The number of ether oxygens (including phenoxy) is 2. The van der Waals surface area contributed by atoms with E-state index in [-0.39, 0.29) is 16.3 Å². The van der Waals surface area contributed by atoms with E-state index in [9.17, 15) is 19.1 Å². The van der Waals surface area contributed by atoms with E-state index < -0.39 is 29.3 Å². The van der Waals surface area contributed by atoms with E-state index in [1.807, 2.05) is 25.1 Å². The Morgan fingerprint density at radius 3 is 2.52 bits per heavy atom. The summed E-state index contributed by atoms with van der Waals surface area (Å²) in [6.45, 7) is 6.92. The third-order valence-corrected chi connectivity index (χ3v) is 10.0. The summed E-state index contributed by atoms with van der Waals surface area (Å²) >= 11 is 2.67. The minimum absolute atomic E-state index is 0.150. The molecule has 8 nitrogen and oxygen atoms in total. The number of carbonyl (C=O) groups is 2. The van der Waals surface area contributed by atoms with E-state index >= 15 is 0 Å². The highest BCUT2D eigenvalue weighted by Crippen LogP contribution is 2.46. The van der Waals surface area contributed by atoms with Crippen molar-refractivity contribution in [3.05, 3.63) is 113 Å². The Morgan fingerprint density at radius 2 is 1.75 bits per heavy atom. The second-order valence-electron chi connectivity index (χ2n) is 11.6. The third-order valence-electron chi connectivity index (χ3n) is 7.93. The van der Waals surface area contributed by atoms with Gasteiger partial charge in [0, 0.05) is 11.3 Å². The summed E-state index contributed by atoms with van der Waals surface area (Å²) in [6.07, 6.45) is 0.850. The molecule has 1 fully saturated rings. The zero-order chi connectivity index (χ0) is 33.8. The molecular weight excluding hydrogens is 650 g/mol. The van der Waals surface area contributed by atoms with Gasteiger partial charge in [-0.2, -0.15) is 0 Å². The fourth-order valence-corrected chi connectivity index (χ4v) is 7.38. The normalized spacial score (nSPS) is 15.9. The molecule has 1 saturated heterocycles. The number of fused-ring (bicyclic) bond motifs is 1. The second-order valence-corrected chi connectivity index (χ2v) is 13.8. The van der Waals surface area contributed by atoms with Crippen LogP contribution in [-0.2, 0) is 15.3 Å². The first-order chi connectivity index (χ1) is 23.2. The zero-order valence-corrected chi connectivity index (χ0v) is 28.3. The molecule has 0 bridgehead atoms. The summed E-state index contributed by atoms with van der Waals surface area (Å²) in [5.41, 5.74) is 1.68. The molecule has 1 aliphatic heterocycles. The lowest BCUT2D eigenvalue weighted by molar-refractivity contribution is -0.132. The van der Waals surface area contributed by atoms with Gasteiger partial charge >= 0.3 is 5.91 Å². The Hall–Kier alpha value is -4.74. The number of Topliss-reactive ketones (excluding diaryl/α,β-unsaturated/α-hetero) is 1. The number of rotatable bonds is 12. The number of aliphatic hydroxyl groups is 1. The van der Waals surface area contributed by atoms with Crippen LogP contribution >= 0.6 is 23.1 Å². The van der Waals surface area contributed by atoms with E-state index in [4.69, 9.17) is 9.47 Å². The largest absolute Gasteiger partial charge is 0.507 e. The number of ketones is 1. The van der Waals surface area contributed by atoms with Crippen LogP contribution < -0.4 is 14.4 Å². The molecule has 1 aromatic heterocycles. The number of hydrogen-bond donors (Lipinski definition) is 1. The summed E-state index contributed by atoms with van der Waals surface area (Å²) < 4.78 is 26.3. The van der Waals surface area contributed by atoms with Crippen molar-refractivity contribution in [2.75, 3.05) is 18.1 Å². The standard InChI is InChI=1S/C37H34FN3O5S2/c1-4-45-30-20-25(14-17-29(30)46-19-18-22(2)3)32-31(33(42)24-12-15-27(38)16-13-24)34(43)35(44)41(32)36-39-40-37(48-36)47-21-26-10-7-9-23-8-5-6-11-28(23)26/h5-17,20,22,32,42H,4,18-19,21H2,1-3H3/b33-31+. The number of benzene rings is 4. The van der Waals surface area contributed by atoms with Gasteiger partial charge in [0.25, 0.3) is 5.78 Å². The smallest absolute Gasteiger partial charge is 0.301 e. The van der Waals surface area contributed by atoms with Crippen molar-refractivity contribution in [1.82, 2.24) is 10.2 Å². The van der Waals surface area contributed by atoms with Crippen LogP contribution in [0.3, 0.4) is 0 Å². The molecule has 0 aliphatic carbocycles. The number of halogens is 1. The molecule has 0 radical (unpaired) electrons. The highest BCUT2D eigenvalue weighted by molar-refractivity contribution is 8.00. The number of nitrogens with zero attached hydrogens (tertiary/aromatic N) is 3. The van der Waals surface area contributed by atoms with Crippen LogP contribution in [0.15, 0.2) is 94.8 Å². The third kappa shape index (κ3) is 6.93. The van der Waals surface area contributed by atoms with Crippen LogP contribution in [0.2, 0.25) is 0 Å². The first kappa shape index (κ1) is 33.2. The quantitative estimate of drug-likeness (QED) is 0.0459. The molecule has 4 aromatic carbocycles. The summed E-state index contributed by atoms with van der Waals surface area (Å²) in [7, 11) is 0. The lowest BCUT2D eigenvalue weighted by atomic mass is 9.95. The van der Waals surface area contributed by atoms with Crippen molar-refractivity contribution in [2.24, 2.45) is 5.92 Å². The van der Waals surface area contributed by atoms with E-state index in [0.29, 0.717) is 46.3 Å². The maximum absolute atomic E-state index is 13.8. The minimum Gasteiger partial charge on any atom is -0.507 e. The van der Waals surface area contributed by atoms with E-state index in [0.717, 1.165) is 22.8 Å². The van der Waals surface area contributed by atoms with E-state index in [1.165, 1.54) is 52.3 Å². The molecule has 0 spiro atoms. The predicted octanol–water partition coefficient (Wildman–Crippen LogP) is 8.57. The minimum atomic E-state index is -1.07. The summed E-state index contributed by atoms with van der Waals surface area (Å²) in [5, 5.41) is 22.6. The van der Waals surface area contributed by atoms with Gasteiger partial charge in [0.05, 0.1) is 24.8 Å². The van der Waals surface area contributed by atoms with Gasteiger partial charge in [-0.3, -0.25) is 14.5 Å². The second kappa shape index (κ2) is 14.6. The number of aliphatic hydroxyl groups excluding tert-OH is 1. The number of anilines is 1. The van der Waals surface area contributed by atoms with Gasteiger partial charge in [-0.15, -0.1) is 10.2 Å². The summed E-state index contributed by atoms with van der Waals surface area (Å²) in [6, 6.07) is 23.5. The Bertz CT molecular complexity index is 1990. The molecule has 0 saturated carbocycles. The molecule has 1 atom stereocenters. The Kier molecular flexibility index (Phi) is 10.1. The fraction of sp³-hybridized carbons (Fsp3) is 0.243. The molecule has 5 aromatic rings. The van der Waals surface area contributed by atoms with Gasteiger partial charge in [-0.25, -0.2) is 4.39 Å². The van der Waals surface area contributed by atoms with Crippen LogP contribution in [0.25, 0.3) is 16.5 Å². The summed E-state index contributed by atoms with van der Waals surface area (Å²) in [4.78, 5) is 28.7. The molecule has 1 aliphatic rings. The SMILES string of the molecule is CCOc1cc(C2/C(=C(\O)c3ccc(F)cc3)C(=O)C(=O)N2c2nnc(SCc3cccc4ccccc34)s2)ccc1OCCC(C)C. The molecule has 1 amide bonds. The van der Waals surface area contributed by atoms with E-state index in [1.54, 1.807) is 18.2 Å². The Balaban J connectivity index is 1.38. The average Bonchev–Trinajstić information content (AvgIpc) is 3.65. The number of thioether (sulfide) groups is 1. The highest BCUT2D eigenvalue weighted by atomic mass is 32.2. The Labute approximate surface area is 286 Å². The van der Waals surface area contributed by atoms with E-state index in [2.05, 4.69) is 48.3 Å². The average molecular weight is 684 g/mol. The van der Waals surface area contributed by atoms with Crippen molar-refractivity contribution in [3.8, 4) is 11.5 Å². The monoisotopic (exact) mass is 683 g/mol. The fourth-order valence-electron chi connectivity index (χ4n) is 5.51. The lowest BCUT2D eigenvalue weighted by Crippen LogP contribution is -2.29. The zero-order valence-electron chi connectivity index (χ0n) is 26.7. The van der Waals surface area contributed by atoms with Crippen molar-refractivity contribution >= 4 is 56.5 Å². The van der Waals surface area contributed by atoms with Crippen LogP contribution in [-0.4, -0.2) is 40.2 Å².